The largest absolute Gasteiger partial charge is 0.494 e. The van der Waals surface area contributed by atoms with E-state index >= 15 is 0 Å². The van der Waals surface area contributed by atoms with E-state index in [4.69, 9.17) is 4.74 Å². The third-order valence-electron chi connectivity index (χ3n) is 4.95. The van der Waals surface area contributed by atoms with Crippen molar-refractivity contribution in [3.8, 4) is 5.75 Å². The van der Waals surface area contributed by atoms with Crippen LogP contribution in [0.5, 0.6) is 5.75 Å². The Kier molecular flexibility index (Phi) is 8.03. The van der Waals surface area contributed by atoms with Crippen molar-refractivity contribution in [2.24, 2.45) is 0 Å². The number of hydrogen-bond donors (Lipinski definition) is 2. The number of para-hydroxylation sites is 1. The summed E-state index contributed by atoms with van der Waals surface area (Å²) in [6.45, 7) is 3.77. The number of hydrogen-bond acceptors (Lipinski definition) is 6. The number of nitrogens with one attached hydrogen (secondary N) is 2. The van der Waals surface area contributed by atoms with Crippen LogP contribution < -0.4 is 19.1 Å². The third-order valence-corrected chi connectivity index (χ3v) is 7.59. The molecule has 3 aromatic carbocycles. The molecule has 0 aliphatic carbocycles. The average molecular weight is 518 g/mol. The van der Waals surface area contributed by atoms with Crippen molar-refractivity contribution in [2.45, 2.75) is 24.8 Å². The molecular formula is C24H27N3O6S2. The van der Waals surface area contributed by atoms with Gasteiger partial charge in [-0.1, -0.05) is 18.2 Å². The van der Waals surface area contributed by atoms with Crippen molar-refractivity contribution in [1.29, 1.82) is 0 Å². The van der Waals surface area contributed by atoms with E-state index in [-0.39, 0.29) is 4.90 Å². The van der Waals surface area contributed by atoms with Crippen molar-refractivity contribution in [3.05, 3.63) is 78.9 Å². The molecule has 0 radical (unpaired) electrons. The summed E-state index contributed by atoms with van der Waals surface area (Å²) >= 11 is 0. The second kappa shape index (κ2) is 10.8. The van der Waals surface area contributed by atoms with E-state index in [1.165, 1.54) is 31.2 Å². The fourth-order valence-corrected chi connectivity index (χ4v) is 5.58. The van der Waals surface area contributed by atoms with Gasteiger partial charge in [-0.15, -0.1) is 0 Å². The molecule has 0 saturated heterocycles. The van der Waals surface area contributed by atoms with Crippen molar-refractivity contribution in [3.63, 3.8) is 0 Å². The predicted molar refractivity (Wildman–Crippen MR) is 137 cm³/mol. The summed E-state index contributed by atoms with van der Waals surface area (Å²) in [5.41, 5.74) is 1.06. The van der Waals surface area contributed by atoms with E-state index in [0.29, 0.717) is 29.4 Å². The van der Waals surface area contributed by atoms with Crippen LogP contribution in [0.25, 0.3) is 0 Å². The van der Waals surface area contributed by atoms with E-state index in [2.05, 4.69) is 10.0 Å². The highest BCUT2D eigenvalue weighted by Crippen LogP contribution is 2.25. The molecule has 0 aromatic heterocycles. The first kappa shape index (κ1) is 26.0. The van der Waals surface area contributed by atoms with Crippen LogP contribution in [0, 0.1) is 0 Å². The Bertz CT molecular complexity index is 1360. The molecule has 0 saturated carbocycles. The van der Waals surface area contributed by atoms with Crippen LogP contribution in [0.3, 0.4) is 0 Å². The summed E-state index contributed by atoms with van der Waals surface area (Å²) in [4.78, 5) is 12.9. The second-order valence-electron chi connectivity index (χ2n) is 7.65. The summed E-state index contributed by atoms with van der Waals surface area (Å²) in [7, 11) is -7.60. The maximum Gasteiger partial charge on any atom is 0.261 e. The number of amides is 1. The molecule has 2 N–H and O–H groups in total. The van der Waals surface area contributed by atoms with Gasteiger partial charge >= 0.3 is 0 Å². The first-order valence-corrected chi connectivity index (χ1v) is 14.1. The molecule has 9 nitrogen and oxygen atoms in total. The topological polar surface area (TPSA) is 122 Å². The zero-order valence-electron chi connectivity index (χ0n) is 19.5. The molecule has 35 heavy (non-hydrogen) atoms. The Morgan fingerprint density at radius 2 is 1.49 bits per heavy atom. The molecule has 0 bridgehead atoms. The van der Waals surface area contributed by atoms with Crippen LogP contribution in [-0.2, 0) is 24.8 Å². The number of rotatable bonds is 10. The summed E-state index contributed by atoms with van der Waals surface area (Å²) in [6, 6.07) is 19.4. The van der Waals surface area contributed by atoms with Crippen molar-refractivity contribution in [1.82, 2.24) is 0 Å². The Morgan fingerprint density at radius 1 is 0.886 bits per heavy atom. The van der Waals surface area contributed by atoms with Gasteiger partial charge in [0.15, 0.2) is 0 Å². The molecule has 186 valence electrons. The number of sulfonamides is 2. The number of carbonyl (C=O) groups is 1. The normalized spacial score (nSPS) is 12.4. The summed E-state index contributed by atoms with van der Waals surface area (Å²) in [5, 5.41) is 2.64. The van der Waals surface area contributed by atoms with Crippen LogP contribution in [0.2, 0.25) is 0 Å². The van der Waals surface area contributed by atoms with Gasteiger partial charge in [0.25, 0.3) is 10.0 Å². The number of anilines is 3. The molecule has 1 atom stereocenters. The van der Waals surface area contributed by atoms with Gasteiger partial charge < -0.3 is 10.1 Å². The van der Waals surface area contributed by atoms with Crippen LogP contribution in [0.4, 0.5) is 17.1 Å². The zero-order valence-corrected chi connectivity index (χ0v) is 21.1. The Labute approximate surface area is 205 Å². The molecule has 0 fully saturated rings. The van der Waals surface area contributed by atoms with Gasteiger partial charge in [0.1, 0.15) is 11.8 Å². The zero-order chi connectivity index (χ0) is 25.6. The van der Waals surface area contributed by atoms with Crippen molar-refractivity contribution < 1.29 is 26.4 Å². The molecule has 3 aromatic rings. The fraction of sp³-hybridized carbons (Fsp3) is 0.208. The monoisotopic (exact) mass is 517 g/mol. The molecule has 0 aliphatic rings. The van der Waals surface area contributed by atoms with Crippen LogP contribution in [0.15, 0.2) is 83.8 Å². The highest BCUT2D eigenvalue weighted by molar-refractivity contribution is 7.92. The van der Waals surface area contributed by atoms with Crippen LogP contribution in [-0.4, -0.2) is 41.6 Å². The lowest BCUT2D eigenvalue weighted by Gasteiger charge is -2.28. The molecule has 0 heterocycles. The molecule has 1 amide bonds. The predicted octanol–water partition coefficient (Wildman–Crippen LogP) is 3.68. The van der Waals surface area contributed by atoms with E-state index in [1.54, 1.807) is 54.6 Å². The Balaban J connectivity index is 1.75. The lowest BCUT2D eigenvalue weighted by molar-refractivity contribution is -0.116. The fourth-order valence-electron chi connectivity index (χ4n) is 3.35. The standard InChI is InChI=1S/C24H27N3O6S2/c1-4-33-22-14-12-21(13-15-22)27(34(3,29)30)18(2)24(28)25-19-10-16-23(17-11-19)35(31,32)26-20-8-6-5-7-9-20/h5-18,26H,4H2,1-3H3,(H,25,28)/t18-/m1/s1. The number of nitrogens with zero attached hydrogens (tertiary/aromatic N) is 1. The second-order valence-corrected chi connectivity index (χ2v) is 11.2. The van der Waals surface area contributed by atoms with Gasteiger partial charge in [0.2, 0.25) is 15.9 Å². The molecule has 0 aliphatic heterocycles. The Hall–Kier alpha value is -3.57. The van der Waals surface area contributed by atoms with Crippen molar-refractivity contribution in [2.75, 3.05) is 27.2 Å². The molecular weight excluding hydrogens is 490 g/mol. The van der Waals surface area contributed by atoms with Gasteiger partial charge in [0.05, 0.1) is 23.4 Å². The number of benzene rings is 3. The maximum atomic E-state index is 12.9. The first-order valence-electron chi connectivity index (χ1n) is 10.7. The van der Waals surface area contributed by atoms with E-state index in [1.807, 2.05) is 6.92 Å². The minimum atomic E-state index is -3.81. The van der Waals surface area contributed by atoms with Gasteiger partial charge in [-0.3, -0.25) is 13.8 Å². The third kappa shape index (κ3) is 6.74. The van der Waals surface area contributed by atoms with Gasteiger partial charge in [-0.05, 0) is 74.5 Å². The smallest absolute Gasteiger partial charge is 0.261 e. The number of ether oxygens (including phenoxy) is 1. The summed E-state index contributed by atoms with van der Waals surface area (Å²) in [6.07, 6.45) is 1.02. The SMILES string of the molecule is CCOc1ccc(N([C@H](C)C(=O)Nc2ccc(S(=O)(=O)Nc3ccccc3)cc2)S(C)(=O)=O)cc1. The van der Waals surface area contributed by atoms with Crippen LogP contribution in [0.1, 0.15) is 13.8 Å². The lowest BCUT2D eigenvalue weighted by Crippen LogP contribution is -2.45. The Morgan fingerprint density at radius 3 is 2.03 bits per heavy atom. The highest BCUT2D eigenvalue weighted by atomic mass is 32.2. The van der Waals surface area contributed by atoms with Crippen LogP contribution >= 0.6 is 0 Å². The minimum Gasteiger partial charge on any atom is -0.494 e. The van der Waals surface area contributed by atoms with E-state index in [9.17, 15) is 21.6 Å². The minimum absolute atomic E-state index is 0.0135. The van der Waals surface area contributed by atoms with Gasteiger partial charge in [-0.2, -0.15) is 0 Å². The maximum absolute atomic E-state index is 12.9. The van der Waals surface area contributed by atoms with E-state index in [0.717, 1.165) is 10.6 Å². The van der Waals surface area contributed by atoms with Gasteiger partial charge in [0, 0.05) is 11.4 Å². The summed E-state index contributed by atoms with van der Waals surface area (Å²) < 4.78 is 59.0. The quantitative estimate of drug-likeness (QED) is 0.423. The molecule has 11 heteroatoms. The summed E-state index contributed by atoms with van der Waals surface area (Å²) in [5.74, 6) is 0.000860. The average Bonchev–Trinajstić information content (AvgIpc) is 2.80. The highest BCUT2D eigenvalue weighted by Gasteiger charge is 2.29. The molecule has 0 unspecified atom stereocenters. The molecule has 3 rings (SSSR count). The van der Waals surface area contributed by atoms with Crippen molar-refractivity contribution >= 4 is 43.0 Å². The number of carbonyl (C=O) groups excluding carboxylic acids is 1. The van der Waals surface area contributed by atoms with Gasteiger partial charge in [-0.25, -0.2) is 16.8 Å². The van der Waals surface area contributed by atoms with E-state index < -0.39 is 32.0 Å². The lowest BCUT2D eigenvalue weighted by atomic mass is 10.2. The molecule has 0 spiro atoms. The first-order chi connectivity index (χ1) is 16.5.